The monoisotopic (exact) mass is 320 g/mol. The van der Waals surface area contributed by atoms with Gasteiger partial charge >= 0.3 is 8.56 Å². The zero-order valence-corrected chi connectivity index (χ0v) is 14.5. The minimum Gasteiger partial charge on any atom is -0.391 e. The van der Waals surface area contributed by atoms with Crippen molar-refractivity contribution in [3.8, 4) is 0 Å². The first-order valence-corrected chi connectivity index (χ1v) is 9.76. The molecular weight excluding hydrogens is 300 g/mol. The third-order valence-electron chi connectivity index (χ3n) is 4.95. The molecule has 0 N–H and O–H groups in total. The van der Waals surface area contributed by atoms with Crippen LogP contribution in [0.4, 0.5) is 0 Å². The molecule has 2 aromatic carbocycles. The maximum Gasteiger partial charge on any atom is 0.399 e. The van der Waals surface area contributed by atoms with E-state index in [1.54, 1.807) is 14.2 Å². The molecular formula is C20H20O2Si. The van der Waals surface area contributed by atoms with Crippen LogP contribution in [0.2, 0.25) is 0 Å². The minimum atomic E-state index is -2.55. The molecule has 2 aliphatic rings. The molecule has 4 rings (SSSR count). The number of allylic oxidation sites excluding steroid dienone is 2. The van der Waals surface area contributed by atoms with Gasteiger partial charge in [-0.05, 0) is 45.5 Å². The van der Waals surface area contributed by atoms with E-state index in [0.29, 0.717) is 0 Å². The quantitative estimate of drug-likeness (QED) is 0.790. The van der Waals surface area contributed by atoms with Crippen LogP contribution in [0.5, 0.6) is 0 Å². The number of rotatable bonds is 4. The van der Waals surface area contributed by atoms with Crippen molar-refractivity contribution in [2.75, 3.05) is 14.2 Å². The molecule has 0 bridgehead atoms. The number of hydrogen-bond donors (Lipinski definition) is 0. The Hall–Kier alpha value is -1.94. The van der Waals surface area contributed by atoms with E-state index < -0.39 is 8.56 Å². The van der Waals surface area contributed by atoms with Crippen molar-refractivity contribution < 1.29 is 8.85 Å². The molecule has 2 aromatic rings. The summed E-state index contributed by atoms with van der Waals surface area (Å²) < 4.78 is 12.2. The van der Waals surface area contributed by atoms with Crippen molar-refractivity contribution >= 4 is 20.7 Å². The topological polar surface area (TPSA) is 18.5 Å². The van der Waals surface area contributed by atoms with Crippen LogP contribution in [-0.2, 0) is 21.7 Å². The van der Waals surface area contributed by atoms with Crippen molar-refractivity contribution in [2.45, 2.75) is 12.8 Å². The zero-order valence-electron chi connectivity index (χ0n) is 13.5. The van der Waals surface area contributed by atoms with Crippen LogP contribution in [0.25, 0.3) is 12.2 Å². The number of benzene rings is 2. The highest BCUT2D eigenvalue weighted by molar-refractivity contribution is 6.83. The Morgan fingerprint density at radius 2 is 1.13 bits per heavy atom. The first-order valence-electron chi connectivity index (χ1n) is 7.95. The standard InChI is InChI=1S/C20H20O2Si/c1-21-23(22-2,19-11-15-7-3-4-8-16(15)12-19)20-13-17-9-5-6-10-18(17)14-20/h3-11,13H,12,14H2,1-2H3. The van der Waals surface area contributed by atoms with Crippen molar-refractivity contribution in [2.24, 2.45) is 0 Å². The lowest BCUT2D eigenvalue weighted by Gasteiger charge is -2.30. The summed E-state index contributed by atoms with van der Waals surface area (Å²) in [5, 5.41) is 2.62. The van der Waals surface area contributed by atoms with Crippen molar-refractivity contribution in [3.63, 3.8) is 0 Å². The summed E-state index contributed by atoms with van der Waals surface area (Å²) >= 11 is 0. The van der Waals surface area contributed by atoms with Crippen LogP contribution in [-0.4, -0.2) is 22.8 Å². The van der Waals surface area contributed by atoms with Crippen molar-refractivity contribution in [1.29, 1.82) is 0 Å². The Balaban J connectivity index is 1.75. The van der Waals surface area contributed by atoms with Gasteiger partial charge < -0.3 is 8.85 Å². The highest BCUT2D eigenvalue weighted by Crippen LogP contribution is 2.39. The molecule has 0 amide bonds. The summed E-state index contributed by atoms with van der Waals surface area (Å²) in [6.45, 7) is 0. The maximum atomic E-state index is 6.10. The molecule has 3 heteroatoms. The van der Waals surface area contributed by atoms with Gasteiger partial charge in [-0.25, -0.2) is 0 Å². The first-order chi connectivity index (χ1) is 11.3. The van der Waals surface area contributed by atoms with Crippen molar-refractivity contribution in [3.05, 3.63) is 81.2 Å². The van der Waals surface area contributed by atoms with E-state index in [2.05, 4.69) is 60.7 Å². The normalized spacial score (nSPS) is 15.9. The predicted octanol–water partition coefficient (Wildman–Crippen LogP) is 4.08. The van der Waals surface area contributed by atoms with Crippen LogP contribution in [0.1, 0.15) is 22.3 Å². The van der Waals surface area contributed by atoms with E-state index in [9.17, 15) is 0 Å². The summed E-state index contributed by atoms with van der Waals surface area (Å²) in [5.74, 6) is 0. The molecule has 0 saturated heterocycles. The van der Waals surface area contributed by atoms with E-state index >= 15 is 0 Å². The van der Waals surface area contributed by atoms with Crippen molar-refractivity contribution in [1.82, 2.24) is 0 Å². The number of fused-ring (bicyclic) bond motifs is 2. The lowest BCUT2D eigenvalue weighted by atomic mass is 10.1. The summed E-state index contributed by atoms with van der Waals surface area (Å²) in [5.41, 5.74) is 5.32. The zero-order chi connectivity index (χ0) is 15.9. The lowest BCUT2D eigenvalue weighted by molar-refractivity contribution is 0.261. The van der Waals surface area contributed by atoms with Gasteiger partial charge in [0.25, 0.3) is 0 Å². The Morgan fingerprint density at radius 3 is 1.52 bits per heavy atom. The summed E-state index contributed by atoms with van der Waals surface area (Å²) in [4.78, 5) is 0. The minimum absolute atomic E-state index is 0.928. The second-order valence-electron chi connectivity index (χ2n) is 6.12. The molecule has 116 valence electrons. The van der Waals surface area contributed by atoms with E-state index in [1.165, 1.54) is 32.6 Å². The van der Waals surface area contributed by atoms with Gasteiger partial charge in [0.05, 0.1) is 0 Å². The van der Waals surface area contributed by atoms with Crippen LogP contribution in [0, 0.1) is 0 Å². The summed E-state index contributed by atoms with van der Waals surface area (Å²) in [6, 6.07) is 17.1. The van der Waals surface area contributed by atoms with Gasteiger partial charge in [-0.1, -0.05) is 60.7 Å². The molecule has 2 nitrogen and oxygen atoms in total. The molecule has 0 aromatic heterocycles. The van der Waals surface area contributed by atoms with Crippen LogP contribution in [0.15, 0.2) is 58.9 Å². The molecule has 0 atom stereocenters. The van der Waals surface area contributed by atoms with Crippen LogP contribution >= 0.6 is 0 Å². The van der Waals surface area contributed by atoms with Gasteiger partial charge in [0.2, 0.25) is 0 Å². The molecule has 0 unspecified atom stereocenters. The van der Waals surface area contributed by atoms with E-state index in [4.69, 9.17) is 8.85 Å². The third kappa shape index (κ3) is 2.24. The van der Waals surface area contributed by atoms with Crippen LogP contribution < -0.4 is 0 Å². The van der Waals surface area contributed by atoms with E-state index in [1.807, 2.05) is 0 Å². The Bertz CT molecular complexity index is 750. The molecule has 2 aliphatic carbocycles. The fraction of sp³-hybridized carbons (Fsp3) is 0.200. The predicted molar refractivity (Wildman–Crippen MR) is 96.0 cm³/mol. The molecule has 0 heterocycles. The smallest absolute Gasteiger partial charge is 0.391 e. The molecule has 0 aliphatic heterocycles. The fourth-order valence-electron chi connectivity index (χ4n) is 3.80. The average molecular weight is 320 g/mol. The molecule has 23 heavy (non-hydrogen) atoms. The Kier molecular flexibility index (Phi) is 3.57. The highest BCUT2D eigenvalue weighted by Gasteiger charge is 2.47. The third-order valence-corrected chi connectivity index (χ3v) is 8.43. The molecule has 0 spiro atoms. The van der Waals surface area contributed by atoms with Gasteiger partial charge in [-0.3, -0.25) is 0 Å². The average Bonchev–Trinajstić information content (AvgIpc) is 3.21. The SMILES string of the molecule is CO[Si](OC)(C1=Cc2ccccc2C1)C1=Cc2ccccc2C1. The van der Waals surface area contributed by atoms with E-state index in [0.717, 1.165) is 12.8 Å². The van der Waals surface area contributed by atoms with Gasteiger partial charge in [0.15, 0.2) is 0 Å². The number of hydrogen-bond acceptors (Lipinski definition) is 2. The maximum absolute atomic E-state index is 6.10. The lowest BCUT2D eigenvalue weighted by Crippen LogP contribution is -2.45. The largest absolute Gasteiger partial charge is 0.399 e. The van der Waals surface area contributed by atoms with Gasteiger partial charge in [0.1, 0.15) is 0 Å². The Labute approximate surface area is 138 Å². The second kappa shape index (κ2) is 5.60. The summed E-state index contributed by atoms with van der Waals surface area (Å²) in [6.07, 6.45) is 6.41. The first kappa shape index (κ1) is 14.6. The van der Waals surface area contributed by atoms with Gasteiger partial charge in [0, 0.05) is 14.2 Å². The van der Waals surface area contributed by atoms with E-state index in [-0.39, 0.29) is 0 Å². The van der Waals surface area contributed by atoms with Gasteiger partial charge in [-0.15, -0.1) is 0 Å². The molecule has 0 saturated carbocycles. The second-order valence-corrected chi connectivity index (χ2v) is 9.45. The fourth-order valence-corrected chi connectivity index (χ4v) is 6.96. The molecule has 0 fully saturated rings. The molecule has 0 radical (unpaired) electrons. The Morgan fingerprint density at radius 1 is 0.696 bits per heavy atom. The highest BCUT2D eigenvalue weighted by atomic mass is 28.4. The summed E-state index contributed by atoms with van der Waals surface area (Å²) in [7, 11) is 1.04. The van der Waals surface area contributed by atoms with Crippen LogP contribution in [0.3, 0.4) is 0 Å². The van der Waals surface area contributed by atoms with Gasteiger partial charge in [-0.2, -0.15) is 0 Å².